The third-order valence-electron chi connectivity index (χ3n) is 3.92. The minimum atomic E-state index is -0.311. The Morgan fingerprint density at radius 2 is 1.74 bits per heavy atom. The summed E-state index contributed by atoms with van der Waals surface area (Å²) in [5, 5.41) is 6.67. The summed E-state index contributed by atoms with van der Waals surface area (Å²) in [5.74, 6) is 0.185. The predicted molar refractivity (Wildman–Crippen MR) is 98.4 cm³/mol. The van der Waals surface area contributed by atoms with Crippen LogP contribution in [0.2, 0.25) is 0 Å². The van der Waals surface area contributed by atoms with Gasteiger partial charge in [-0.2, -0.15) is 0 Å². The van der Waals surface area contributed by atoms with E-state index in [1.165, 1.54) is 0 Å². The summed E-state index contributed by atoms with van der Waals surface area (Å²) in [4.78, 5) is 24.8. The fourth-order valence-corrected chi connectivity index (χ4v) is 2.56. The van der Waals surface area contributed by atoms with Crippen LogP contribution >= 0.6 is 0 Å². The van der Waals surface area contributed by atoms with Gasteiger partial charge in [0.1, 0.15) is 0 Å². The first-order chi connectivity index (χ1) is 13.3. The maximum Gasteiger partial charge on any atom is 0.273 e. The van der Waals surface area contributed by atoms with Crippen molar-refractivity contribution in [3.8, 4) is 22.6 Å². The summed E-state index contributed by atoms with van der Waals surface area (Å²) in [6.45, 7) is 0.351. The molecule has 4 rings (SSSR count). The van der Waals surface area contributed by atoms with Crippen molar-refractivity contribution in [1.29, 1.82) is 0 Å². The minimum Gasteiger partial charge on any atom is -0.355 e. The fourth-order valence-electron chi connectivity index (χ4n) is 2.56. The maximum absolute atomic E-state index is 12.3. The number of aromatic nitrogens is 4. The molecule has 132 valence electrons. The highest BCUT2D eigenvalue weighted by Gasteiger charge is 2.13. The normalized spacial score (nSPS) is 10.5. The number of pyridine rings is 3. The topological polar surface area (TPSA) is 93.8 Å². The van der Waals surface area contributed by atoms with Crippen LogP contribution in [0.5, 0.6) is 0 Å². The van der Waals surface area contributed by atoms with Crippen LogP contribution in [0.4, 0.5) is 0 Å². The van der Waals surface area contributed by atoms with E-state index in [4.69, 9.17) is 4.52 Å². The molecule has 0 aliphatic carbocycles. The minimum absolute atomic E-state index is 0.218. The number of nitrogens with one attached hydrogen (secondary N) is 1. The summed E-state index contributed by atoms with van der Waals surface area (Å²) < 4.78 is 5.23. The molecule has 0 aromatic carbocycles. The number of carbonyl (C=O) groups is 1. The van der Waals surface area contributed by atoms with Crippen molar-refractivity contribution >= 4 is 5.91 Å². The van der Waals surface area contributed by atoms with Crippen LogP contribution in [-0.4, -0.2) is 26.0 Å². The lowest BCUT2D eigenvalue weighted by atomic mass is 10.1. The van der Waals surface area contributed by atoms with Crippen LogP contribution in [0.3, 0.4) is 0 Å². The number of carbonyl (C=O) groups excluding carboxylic acids is 1. The van der Waals surface area contributed by atoms with Gasteiger partial charge in [0, 0.05) is 54.7 Å². The smallest absolute Gasteiger partial charge is 0.273 e. The number of rotatable bonds is 5. The molecule has 0 fully saturated rings. The van der Waals surface area contributed by atoms with Gasteiger partial charge in [-0.25, -0.2) is 0 Å². The van der Waals surface area contributed by atoms with Gasteiger partial charge in [-0.15, -0.1) is 0 Å². The third kappa shape index (κ3) is 3.87. The zero-order chi connectivity index (χ0) is 18.5. The number of hydrogen-bond acceptors (Lipinski definition) is 6. The lowest BCUT2D eigenvalue weighted by Gasteiger charge is -2.05. The SMILES string of the molecule is O=C(NCc1ccnc(-c2cccnc2)c1)c1cc(-c2cccnc2)on1. The van der Waals surface area contributed by atoms with Gasteiger partial charge in [0.15, 0.2) is 11.5 Å². The molecule has 7 nitrogen and oxygen atoms in total. The monoisotopic (exact) mass is 357 g/mol. The fraction of sp³-hybridized carbons (Fsp3) is 0.0500. The molecule has 0 saturated heterocycles. The number of amides is 1. The van der Waals surface area contributed by atoms with E-state index in [-0.39, 0.29) is 11.6 Å². The summed E-state index contributed by atoms with van der Waals surface area (Å²) in [6, 6.07) is 12.8. The van der Waals surface area contributed by atoms with Gasteiger partial charge in [-0.05, 0) is 42.0 Å². The first-order valence-corrected chi connectivity index (χ1v) is 8.30. The molecule has 4 aromatic rings. The molecule has 0 aliphatic heterocycles. The Balaban J connectivity index is 1.43. The summed E-state index contributed by atoms with van der Waals surface area (Å²) in [7, 11) is 0. The Morgan fingerprint density at radius 3 is 2.48 bits per heavy atom. The molecule has 7 heteroatoms. The highest BCUT2D eigenvalue weighted by Crippen LogP contribution is 2.19. The second kappa shape index (κ2) is 7.57. The Bertz CT molecular complexity index is 1050. The summed E-state index contributed by atoms with van der Waals surface area (Å²) in [6.07, 6.45) is 8.49. The van der Waals surface area contributed by atoms with E-state index in [0.717, 1.165) is 22.4 Å². The second-order valence-corrected chi connectivity index (χ2v) is 5.79. The molecule has 4 aromatic heterocycles. The van der Waals surface area contributed by atoms with Crippen LogP contribution in [-0.2, 0) is 6.54 Å². The predicted octanol–water partition coefficient (Wildman–Crippen LogP) is 3.12. The Hall–Kier alpha value is -3.87. The largest absolute Gasteiger partial charge is 0.355 e. The highest BCUT2D eigenvalue weighted by atomic mass is 16.5. The lowest BCUT2D eigenvalue weighted by molar-refractivity contribution is 0.0942. The molecule has 1 N–H and O–H groups in total. The zero-order valence-electron chi connectivity index (χ0n) is 14.2. The molecule has 0 unspecified atom stereocenters. The molecule has 0 atom stereocenters. The highest BCUT2D eigenvalue weighted by molar-refractivity contribution is 5.93. The zero-order valence-corrected chi connectivity index (χ0v) is 14.2. The molecule has 0 radical (unpaired) electrons. The van der Waals surface area contributed by atoms with Crippen LogP contribution in [0, 0.1) is 0 Å². The molecular formula is C20H15N5O2. The lowest BCUT2D eigenvalue weighted by Crippen LogP contribution is -2.23. The standard InChI is InChI=1S/C20H15N5O2/c26-20(18-10-19(27-25-18)16-4-2-7-22-13-16)24-11-14-5-8-23-17(9-14)15-3-1-6-21-12-15/h1-10,12-13H,11H2,(H,24,26). The van der Waals surface area contributed by atoms with Crippen LogP contribution in [0.25, 0.3) is 22.6 Å². The van der Waals surface area contributed by atoms with Gasteiger partial charge in [0.25, 0.3) is 5.91 Å². The van der Waals surface area contributed by atoms with E-state index in [9.17, 15) is 4.79 Å². The quantitative estimate of drug-likeness (QED) is 0.590. The van der Waals surface area contributed by atoms with Gasteiger partial charge in [0.2, 0.25) is 0 Å². The molecule has 4 heterocycles. The van der Waals surface area contributed by atoms with Gasteiger partial charge in [-0.1, -0.05) is 5.16 Å². The Kier molecular flexibility index (Phi) is 4.65. The van der Waals surface area contributed by atoms with Gasteiger partial charge in [0.05, 0.1) is 5.69 Å². The van der Waals surface area contributed by atoms with E-state index < -0.39 is 0 Å². The molecule has 0 aliphatic rings. The average Bonchev–Trinajstić information content (AvgIpc) is 3.24. The van der Waals surface area contributed by atoms with Crippen molar-refractivity contribution in [3.05, 3.63) is 84.7 Å². The molecule has 27 heavy (non-hydrogen) atoms. The third-order valence-corrected chi connectivity index (χ3v) is 3.92. The van der Waals surface area contributed by atoms with Crippen LogP contribution < -0.4 is 5.32 Å². The number of nitrogens with zero attached hydrogens (tertiary/aromatic N) is 4. The Labute approximate surface area is 155 Å². The summed E-state index contributed by atoms with van der Waals surface area (Å²) in [5.41, 5.74) is 3.63. The second-order valence-electron chi connectivity index (χ2n) is 5.79. The number of hydrogen-bond donors (Lipinski definition) is 1. The van der Waals surface area contributed by atoms with Crippen molar-refractivity contribution in [2.75, 3.05) is 0 Å². The van der Waals surface area contributed by atoms with E-state index in [1.54, 1.807) is 43.1 Å². The van der Waals surface area contributed by atoms with Gasteiger partial charge in [-0.3, -0.25) is 19.7 Å². The van der Waals surface area contributed by atoms with Crippen LogP contribution in [0.15, 0.2) is 78.0 Å². The average molecular weight is 357 g/mol. The van der Waals surface area contributed by atoms with E-state index in [2.05, 4.69) is 25.4 Å². The van der Waals surface area contributed by atoms with Crippen molar-refractivity contribution in [2.45, 2.75) is 6.54 Å². The molecule has 0 bridgehead atoms. The van der Waals surface area contributed by atoms with E-state index in [0.29, 0.717) is 12.3 Å². The molecule has 0 saturated carbocycles. The maximum atomic E-state index is 12.3. The Morgan fingerprint density at radius 1 is 0.963 bits per heavy atom. The van der Waals surface area contributed by atoms with E-state index in [1.807, 2.05) is 30.3 Å². The summed E-state index contributed by atoms with van der Waals surface area (Å²) >= 11 is 0. The molecular weight excluding hydrogens is 342 g/mol. The molecule has 0 spiro atoms. The van der Waals surface area contributed by atoms with E-state index >= 15 is 0 Å². The van der Waals surface area contributed by atoms with Crippen molar-refractivity contribution < 1.29 is 9.32 Å². The first kappa shape index (κ1) is 16.6. The van der Waals surface area contributed by atoms with Crippen molar-refractivity contribution in [3.63, 3.8) is 0 Å². The molecule has 1 amide bonds. The van der Waals surface area contributed by atoms with Crippen molar-refractivity contribution in [1.82, 2.24) is 25.4 Å². The first-order valence-electron chi connectivity index (χ1n) is 8.30. The van der Waals surface area contributed by atoms with Crippen LogP contribution in [0.1, 0.15) is 16.1 Å². The van der Waals surface area contributed by atoms with Crippen molar-refractivity contribution in [2.24, 2.45) is 0 Å². The van der Waals surface area contributed by atoms with Gasteiger partial charge < -0.3 is 9.84 Å². The van der Waals surface area contributed by atoms with Gasteiger partial charge >= 0.3 is 0 Å².